The van der Waals surface area contributed by atoms with Crippen molar-refractivity contribution in [3.05, 3.63) is 59.2 Å². The minimum absolute atomic E-state index is 0.929. The molecule has 0 saturated heterocycles. The van der Waals surface area contributed by atoms with Crippen LogP contribution < -0.4 is 0 Å². The van der Waals surface area contributed by atoms with Gasteiger partial charge in [0.25, 0.3) is 0 Å². The van der Waals surface area contributed by atoms with E-state index in [2.05, 4.69) is 50.2 Å². The Balaban J connectivity index is 2.07. The molecule has 0 radical (unpaired) electrons. The average molecular weight is 281 g/mol. The van der Waals surface area contributed by atoms with Gasteiger partial charge in [-0.2, -0.15) is 0 Å². The number of rotatable bonds is 2. The quantitative estimate of drug-likeness (QED) is 0.618. The van der Waals surface area contributed by atoms with Crippen molar-refractivity contribution in [2.75, 3.05) is 0 Å². The van der Waals surface area contributed by atoms with Crippen molar-refractivity contribution in [3.63, 3.8) is 0 Å². The molecular weight excluding hydrogens is 265 g/mol. The van der Waals surface area contributed by atoms with Crippen LogP contribution in [0.25, 0.3) is 22.0 Å². The third-order valence-electron chi connectivity index (χ3n) is 3.35. The van der Waals surface area contributed by atoms with Crippen LogP contribution in [0.2, 0.25) is 0 Å². The Morgan fingerprint density at radius 2 is 1.60 bits per heavy atom. The van der Waals surface area contributed by atoms with Crippen LogP contribution in [0.3, 0.4) is 0 Å². The molecule has 3 aromatic rings. The molecular formula is C17H16NOP. The summed E-state index contributed by atoms with van der Waals surface area (Å²) in [4.78, 5) is 0. The lowest BCUT2D eigenvalue weighted by Crippen LogP contribution is -1.87. The highest BCUT2D eigenvalue weighted by Gasteiger charge is 2.14. The van der Waals surface area contributed by atoms with Crippen LogP contribution in [0.1, 0.15) is 16.7 Å². The van der Waals surface area contributed by atoms with Crippen molar-refractivity contribution in [2.45, 2.75) is 20.8 Å². The zero-order valence-electron chi connectivity index (χ0n) is 11.8. The summed E-state index contributed by atoms with van der Waals surface area (Å²) in [5, 5.41) is 4.24. The van der Waals surface area contributed by atoms with E-state index in [1.807, 2.05) is 18.2 Å². The second-order valence-electron chi connectivity index (χ2n) is 5.06. The zero-order valence-corrected chi connectivity index (χ0v) is 12.7. The van der Waals surface area contributed by atoms with Gasteiger partial charge in [0.15, 0.2) is 5.49 Å². The number of hydrogen-bond acceptors (Lipinski definition) is 2. The lowest BCUT2D eigenvalue weighted by Gasteiger charge is -2.07. The number of nitrogens with zero attached hydrogens (tertiary/aromatic N) is 1. The molecule has 0 N–H and O–H groups in total. The second-order valence-corrected chi connectivity index (χ2v) is 6.12. The van der Waals surface area contributed by atoms with Gasteiger partial charge in [0.1, 0.15) is 5.43 Å². The van der Waals surface area contributed by atoms with Crippen LogP contribution in [-0.4, -0.2) is 5.16 Å². The Bertz CT molecular complexity index is 724. The smallest absolute Gasteiger partial charge is 0.193 e. The first-order valence-electron chi connectivity index (χ1n) is 6.62. The molecule has 0 spiro atoms. The van der Waals surface area contributed by atoms with Crippen molar-refractivity contribution < 1.29 is 4.52 Å². The molecule has 0 saturated carbocycles. The molecule has 20 heavy (non-hydrogen) atoms. The van der Waals surface area contributed by atoms with E-state index in [9.17, 15) is 0 Å². The van der Waals surface area contributed by atoms with Crippen LogP contribution in [-0.2, 0) is 0 Å². The molecule has 1 aromatic heterocycles. The predicted octanol–water partition coefficient (Wildman–Crippen LogP) is 5.51. The Kier molecular flexibility index (Phi) is 3.42. The summed E-state index contributed by atoms with van der Waals surface area (Å²) in [6.07, 6.45) is 0. The standard InChI is InChI=1S/C17H16NOP/c1-11-9-12(2)15(13(3)10-11)17-19-18-16(20-17)14-7-5-4-6-8-14/h4-10H,1-3H3. The Morgan fingerprint density at radius 3 is 2.25 bits per heavy atom. The monoisotopic (exact) mass is 281 g/mol. The van der Waals surface area contributed by atoms with Gasteiger partial charge in [-0.3, -0.25) is 0 Å². The number of hydrogen-bond donors (Lipinski definition) is 0. The van der Waals surface area contributed by atoms with Crippen LogP contribution in [0, 0.1) is 20.8 Å². The highest BCUT2D eigenvalue weighted by atomic mass is 31.0. The first-order valence-corrected chi connectivity index (χ1v) is 7.52. The van der Waals surface area contributed by atoms with Gasteiger partial charge in [0, 0.05) is 19.3 Å². The Morgan fingerprint density at radius 1 is 0.950 bits per heavy atom. The molecule has 0 aliphatic rings. The Labute approximate surface area is 120 Å². The molecule has 100 valence electrons. The number of aryl methyl sites for hydroxylation is 3. The van der Waals surface area contributed by atoms with E-state index in [4.69, 9.17) is 4.52 Å². The molecule has 1 heterocycles. The summed E-state index contributed by atoms with van der Waals surface area (Å²) in [6, 6.07) is 14.6. The van der Waals surface area contributed by atoms with Crippen molar-refractivity contribution in [2.24, 2.45) is 0 Å². The average Bonchev–Trinajstić information content (AvgIpc) is 2.88. The first kappa shape index (κ1) is 13.1. The number of aromatic nitrogens is 1. The molecule has 0 aliphatic heterocycles. The molecule has 2 nitrogen and oxygen atoms in total. The fraction of sp³-hybridized carbons (Fsp3) is 0.176. The summed E-state index contributed by atoms with van der Waals surface area (Å²) < 4.78 is 5.60. The molecule has 3 rings (SSSR count). The minimum Gasteiger partial charge on any atom is -0.350 e. The number of benzene rings is 2. The van der Waals surface area contributed by atoms with E-state index in [1.165, 1.54) is 22.3 Å². The predicted molar refractivity (Wildman–Crippen MR) is 84.1 cm³/mol. The SMILES string of the molecule is Cc1cc(C)c(-c2onc(-c3ccccc3)p2)c(C)c1. The van der Waals surface area contributed by atoms with Crippen LogP contribution in [0.15, 0.2) is 47.0 Å². The Hall–Kier alpha value is -1.92. The molecule has 0 bridgehead atoms. The lowest BCUT2D eigenvalue weighted by molar-refractivity contribution is 0.436. The second kappa shape index (κ2) is 5.22. The summed E-state index contributed by atoms with van der Waals surface area (Å²) in [5.74, 6) is 0. The van der Waals surface area contributed by atoms with Crippen molar-refractivity contribution >= 4 is 8.19 Å². The van der Waals surface area contributed by atoms with Crippen molar-refractivity contribution in [1.82, 2.24) is 5.16 Å². The van der Waals surface area contributed by atoms with Gasteiger partial charge in [-0.25, -0.2) is 0 Å². The van der Waals surface area contributed by atoms with Gasteiger partial charge in [-0.15, -0.1) is 0 Å². The molecule has 0 unspecified atom stereocenters. The summed E-state index contributed by atoms with van der Waals surface area (Å²) in [7, 11) is 1.04. The van der Waals surface area contributed by atoms with Crippen molar-refractivity contribution in [1.29, 1.82) is 0 Å². The van der Waals surface area contributed by atoms with Gasteiger partial charge >= 0.3 is 0 Å². The topological polar surface area (TPSA) is 26.0 Å². The molecule has 2 aromatic carbocycles. The maximum Gasteiger partial charge on any atom is 0.193 e. The maximum absolute atomic E-state index is 5.60. The molecule has 0 aliphatic carbocycles. The third-order valence-corrected chi connectivity index (χ3v) is 4.41. The van der Waals surface area contributed by atoms with Gasteiger partial charge in [-0.05, 0) is 31.9 Å². The van der Waals surface area contributed by atoms with E-state index < -0.39 is 0 Å². The minimum atomic E-state index is 0.929. The summed E-state index contributed by atoms with van der Waals surface area (Å²) >= 11 is 0. The largest absolute Gasteiger partial charge is 0.350 e. The van der Waals surface area contributed by atoms with Crippen LogP contribution in [0.5, 0.6) is 0 Å². The van der Waals surface area contributed by atoms with Crippen LogP contribution in [0.4, 0.5) is 0 Å². The molecule has 0 amide bonds. The van der Waals surface area contributed by atoms with E-state index in [-0.39, 0.29) is 0 Å². The highest BCUT2D eigenvalue weighted by molar-refractivity contribution is 7.37. The van der Waals surface area contributed by atoms with Crippen LogP contribution >= 0.6 is 8.19 Å². The van der Waals surface area contributed by atoms with E-state index in [0.29, 0.717) is 0 Å². The molecule has 0 fully saturated rings. The maximum atomic E-state index is 5.60. The third kappa shape index (κ3) is 2.39. The highest BCUT2D eigenvalue weighted by Crippen LogP contribution is 2.39. The van der Waals surface area contributed by atoms with E-state index in [1.54, 1.807) is 0 Å². The van der Waals surface area contributed by atoms with Crippen molar-refractivity contribution in [3.8, 4) is 22.0 Å². The summed E-state index contributed by atoms with van der Waals surface area (Å²) in [5.41, 5.74) is 7.98. The van der Waals surface area contributed by atoms with E-state index >= 15 is 0 Å². The molecule has 3 heteroatoms. The van der Waals surface area contributed by atoms with Gasteiger partial charge in [0.05, 0.1) is 0 Å². The fourth-order valence-electron chi connectivity index (χ4n) is 2.55. The van der Waals surface area contributed by atoms with Gasteiger partial charge < -0.3 is 4.52 Å². The van der Waals surface area contributed by atoms with Gasteiger partial charge in [-0.1, -0.05) is 53.2 Å². The molecule has 0 atom stereocenters. The lowest BCUT2D eigenvalue weighted by atomic mass is 10.0. The first-order chi connectivity index (χ1) is 9.65. The van der Waals surface area contributed by atoms with Gasteiger partial charge in [0.2, 0.25) is 0 Å². The van der Waals surface area contributed by atoms with E-state index in [0.717, 1.165) is 24.7 Å². The zero-order chi connectivity index (χ0) is 14.1. The normalized spacial score (nSPS) is 11.2. The fourth-order valence-corrected chi connectivity index (χ4v) is 3.65. The summed E-state index contributed by atoms with van der Waals surface area (Å²) in [6.45, 7) is 6.37.